The van der Waals surface area contributed by atoms with Crippen molar-refractivity contribution < 1.29 is 12.9 Å². The zero-order valence-electron chi connectivity index (χ0n) is 16.0. The number of aromatic nitrogens is 2. The van der Waals surface area contributed by atoms with E-state index in [4.69, 9.17) is 4.52 Å². The van der Waals surface area contributed by atoms with E-state index in [1.807, 2.05) is 48.5 Å². The minimum absolute atomic E-state index is 0.408. The molecule has 0 aliphatic carbocycles. The number of anilines is 1. The second kappa shape index (κ2) is 8.18. The molecule has 4 rings (SSSR count). The lowest BCUT2D eigenvalue weighted by Crippen LogP contribution is -2.48. The molecule has 1 saturated heterocycles. The largest absolute Gasteiger partial charge is 0.368 e. The topological polar surface area (TPSA) is 79.5 Å². The summed E-state index contributed by atoms with van der Waals surface area (Å²) in [6.45, 7) is 3.71. The smallest absolute Gasteiger partial charge is 0.236 e. The highest BCUT2D eigenvalue weighted by atomic mass is 32.2. The van der Waals surface area contributed by atoms with Crippen LogP contribution in [0.3, 0.4) is 0 Å². The van der Waals surface area contributed by atoms with Crippen molar-refractivity contribution in [2.45, 2.75) is 6.92 Å². The van der Waals surface area contributed by atoms with Crippen LogP contribution in [0.2, 0.25) is 0 Å². The van der Waals surface area contributed by atoms with E-state index in [-0.39, 0.29) is 0 Å². The molecule has 1 aliphatic rings. The monoisotopic (exact) mass is 409 g/mol. The van der Waals surface area contributed by atoms with Gasteiger partial charge in [0.25, 0.3) is 0 Å². The summed E-state index contributed by atoms with van der Waals surface area (Å²) in [5, 5.41) is 5.28. The standard InChI is InChI=1S/C21H21N4O3S/c1-17-22-21(23-28-17)19-9-5-6-10-20(19)24-12-14-25(15-13-24)29(26,27)16-11-18-7-3-2-4-8-18/h2-4,6-11,16H,12-15H2,1H3. The summed E-state index contributed by atoms with van der Waals surface area (Å²) >= 11 is 0. The number of hydrogen-bond acceptors (Lipinski definition) is 6. The molecule has 0 atom stereocenters. The predicted octanol–water partition coefficient (Wildman–Crippen LogP) is 2.97. The summed E-state index contributed by atoms with van der Waals surface area (Å²) in [5.74, 6) is 1.01. The number of aryl methyl sites for hydroxylation is 1. The van der Waals surface area contributed by atoms with E-state index < -0.39 is 10.0 Å². The Morgan fingerprint density at radius 2 is 1.86 bits per heavy atom. The van der Waals surface area contributed by atoms with E-state index in [9.17, 15) is 8.42 Å². The van der Waals surface area contributed by atoms with Crippen molar-refractivity contribution in [1.29, 1.82) is 0 Å². The highest BCUT2D eigenvalue weighted by Crippen LogP contribution is 2.29. The number of hydrogen-bond donors (Lipinski definition) is 0. The van der Waals surface area contributed by atoms with Gasteiger partial charge in [0.15, 0.2) is 0 Å². The van der Waals surface area contributed by atoms with Crippen LogP contribution in [0.1, 0.15) is 11.5 Å². The Bertz CT molecular complexity index is 1100. The van der Waals surface area contributed by atoms with Gasteiger partial charge in [0.05, 0.1) is 0 Å². The predicted molar refractivity (Wildman–Crippen MR) is 111 cm³/mol. The Morgan fingerprint density at radius 3 is 2.55 bits per heavy atom. The van der Waals surface area contributed by atoms with Crippen LogP contribution in [-0.4, -0.2) is 49.0 Å². The van der Waals surface area contributed by atoms with Gasteiger partial charge in [-0.15, -0.1) is 0 Å². The third kappa shape index (κ3) is 4.38. The summed E-state index contributed by atoms with van der Waals surface area (Å²) in [7, 11) is -3.47. The summed E-state index contributed by atoms with van der Waals surface area (Å²) in [6, 6.07) is 18.1. The molecule has 0 unspecified atom stereocenters. The molecule has 7 nitrogen and oxygen atoms in total. The summed E-state index contributed by atoms with van der Waals surface area (Å²) < 4.78 is 32.0. The highest BCUT2D eigenvalue weighted by Gasteiger charge is 2.26. The SMILES string of the molecule is Cc1nc(-c2c[c]ccc2N2CCN(S(=O)(=O)C=Cc3ccccc3)CC2)no1. The van der Waals surface area contributed by atoms with Crippen LogP contribution in [0.4, 0.5) is 5.69 Å². The molecule has 3 aromatic rings. The fraction of sp³-hybridized carbons (Fsp3) is 0.238. The van der Waals surface area contributed by atoms with E-state index in [2.05, 4.69) is 21.1 Å². The molecule has 0 spiro atoms. The molecule has 2 aromatic carbocycles. The Kier molecular flexibility index (Phi) is 5.46. The maximum Gasteiger partial charge on any atom is 0.236 e. The lowest BCUT2D eigenvalue weighted by molar-refractivity contribution is 0.390. The maximum absolute atomic E-state index is 12.7. The molecule has 1 radical (unpaired) electrons. The molecule has 1 aliphatic heterocycles. The molecule has 149 valence electrons. The van der Waals surface area contributed by atoms with Crippen LogP contribution < -0.4 is 4.90 Å². The first-order valence-electron chi connectivity index (χ1n) is 9.32. The van der Waals surface area contributed by atoms with Crippen molar-refractivity contribution in [2.75, 3.05) is 31.1 Å². The number of sulfonamides is 1. The molecule has 1 aromatic heterocycles. The van der Waals surface area contributed by atoms with Crippen molar-refractivity contribution in [3.05, 3.63) is 71.5 Å². The van der Waals surface area contributed by atoms with Gasteiger partial charge < -0.3 is 9.42 Å². The Hall–Kier alpha value is -2.97. The van der Waals surface area contributed by atoms with Gasteiger partial charge in [-0.05, 0) is 29.8 Å². The summed E-state index contributed by atoms with van der Waals surface area (Å²) in [6.07, 6.45) is 1.63. The Morgan fingerprint density at radius 1 is 1.10 bits per heavy atom. The van der Waals surface area contributed by atoms with Gasteiger partial charge in [0, 0.05) is 49.8 Å². The molecule has 2 heterocycles. The fourth-order valence-corrected chi connectivity index (χ4v) is 4.46. The molecular weight excluding hydrogens is 388 g/mol. The summed E-state index contributed by atoms with van der Waals surface area (Å²) in [5.41, 5.74) is 2.63. The molecule has 0 saturated carbocycles. The van der Waals surface area contributed by atoms with Gasteiger partial charge in [-0.2, -0.15) is 9.29 Å². The van der Waals surface area contributed by atoms with Crippen molar-refractivity contribution in [3.63, 3.8) is 0 Å². The average Bonchev–Trinajstić information content (AvgIpc) is 3.19. The van der Waals surface area contributed by atoms with E-state index in [0.717, 1.165) is 16.8 Å². The first kappa shape index (κ1) is 19.4. The lowest BCUT2D eigenvalue weighted by Gasteiger charge is -2.35. The number of nitrogens with zero attached hydrogens (tertiary/aromatic N) is 4. The van der Waals surface area contributed by atoms with Crippen LogP contribution >= 0.6 is 0 Å². The minimum atomic E-state index is -3.47. The van der Waals surface area contributed by atoms with Gasteiger partial charge in [-0.25, -0.2) is 8.42 Å². The first-order chi connectivity index (χ1) is 14.0. The first-order valence-corrected chi connectivity index (χ1v) is 10.8. The molecule has 0 N–H and O–H groups in total. The average molecular weight is 409 g/mol. The number of piperazine rings is 1. The zero-order valence-corrected chi connectivity index (χ0v) is 16.8. The van der Waals surface area contributed by atoms with Gasteiger partial charge in [0.1, 0.15) is 0 Å². The molecule has 29 heavy (non-hydrogen) atoms. The molecule has 1 fully saturated rings. The van der Waals surface area contributed by atoms with Crippen molar-refractivity contribution >= 4 is 21.8 Å². The number of benzene rings is 2. The van der Waals surface area contributed by atoms with Gasteiger partial charge in [-0.1, -0.05) is 41.6 Å². The summed E-state index contributed by atoms with van der Waals surface area (Å²) in [4.78, 5) is 6.44. The number of rotatable bonds is 5. The van der Waals surface area contributed by atoms with Crippen LogP contribution in [0.25, 0.3) is 17.5 Å². The van der Waals surface area contributed by atoms with E-state index in [1.165, 1.54) is 9.71 Å². The Balaban J connectivity index is 1.47. The van der Waals surface area contributed by atoms with Gasteiger partial charge >= 0.3 is 0 Å². The lowest BCUT2D eigenvalue weighted by atomic mass is 10.1. The zero-order chi connectivity index (χ0) is 20.3. The van der Waals surface area contributed by atoms with Crippen LogP contribution in [0.15, 0.2) is 58.5 Å². The van der Waals surface area contributed by atoms with Gasteiger partial charge in [-0.3, -0.25) is 0 Å². The normalized spacial score (nSPS) is 15.8. The maximum atomic E-state index is 12.7. The molecular formula is C21H21N4O3S. The third-order valence-corrected chi connectivity index (χ3v) is 6.35. The fourth-order valence-electron chi connectivity index (χ4n) is 3.28. The molecule has 8 heteroatoms. The molecule has 0 amide bonds. The second-order valence-electron chi connectivity index (χ2n) is 6.72. The van der Waals surface area contributed by atoms with Crippen molar-refractivity contribution in [1.82, 2.24) is 14.4 Å². The van der Waals surface area contributed by atoms with Crippen LogP contribution in [0.5, 0.6) is 0 Å². The van der Waals surface area contributed by atoms with E-state index >= 15 is 0 Å². The van der Waals surface area contributed by atoms with Crippen LogP contribution in [-0.2, 0) is 10.0 Å². The molecule has 0 bridgehead atoms. The van der Waals surface area contributed by atoms with E-state index in [1.54, 1.807) is 13.0 Å². The van der Waals surface area contributed by atoms with Gasteiger partial charge in [0.2, 0.25) is 21.7 Å². The van der Waals surface area contributed by atoms with Crippen molar-refractivity contribution in [2.24, 2.45) is 0 Å². The third-order valence-electron chi connectivity index (χ3n) is 4.78. The van der Waals surface area contributed by atoms with Crippen LogP contribution in [0, 0.1) is 13.0 Å². The highest BCUT2D eigenvalue weighted by molar-refractivity contribution is 7.92. The van der Waals surface area contributed by atoms with E-state index in [0.29, 0.717) is 37.9 Å². The second-order valence-corrected chi connectivity index (χ2v) is 8.54. The minimum Gasteiger partial charge on any atom is -0.368 e. The van der Waals surface area contributed by atoms with Crippen molar-refractivity contribution in [3.8, 4) is 11.4 Å². The quantitative estimate of drug-likeness (QED) is 0.645. The Labute approximate surface area is 170 Å².